The van der Waals surface area contributed by atoms with E-state index in [-0.39, 0.29) is 5.78 Å². The molecule has 0 fully saturated rings. The highest BCUT2D eigenvalue weighted by Gasteiger charge is 2.20. The number of rotatable bonds is 5. The first kappa shape index (κ1) is 13.8. The number of ketones is 1. The number of ether oxygens (including phenoxy) is 1. The van der Waals surface area contributed by atoms with E-state index in [0.717, 1.165) is 5.69 Å². The van der Waals surface area contributed by atoms with E-state index in [1.165, 1.54) is 6.20 Å². The Labute approximate surface area is 119 Å². The highest BCUT2D eigenvalue weighted by molar-refractivity contribution is 9.10. The molecule has 0 radical (unpaired) electrons. The molecular formula is C12H13BrN4O2. The number of hydrogen-bond donors (Lipinski definition) is 0. The van der Waals surface area contributed by atoms with E-state index in [4.69, 9.17) is 4.74 Å². The maximum atomic E-state index is 12.4. The number of nitrogens with zero attached hydrogens (tertiary/aromatic N) is 4. The third-order valence-electron chi connectivity index (χ3n) is 2.53. The molecule has 2 heterocycles. The molecule has 0 aliphatic heterocycles. The Morgan fingerprint density at radius 1 is 1.37 bits per heavy atom. The van der Waals surface area contributed by atoms with E-state index in [0.29, 0.717) is 29.0 Å². The summed E-state index contributed by atoms with van der Waals surface area (Å²) in [6.45, 7) is 2.80. The van der Waals surface area contributed by atoms with Crippen LogP contribution in [0, 0.1) is 6.92 Å². The van der Waals surface area contributed by atoms with Gasteiger partial charge in [-0.05, 0) is 22.9 Å². The molecule has 0 aromatic carbocycles. The number of halogens is 1. The maximum absolute atomic E-state index is 12.4. The number of hydrogen-bond acceptors (Lipinski definition) is 5. The Kier molecular flexibility index (Phi) is 4.39. The van der Waals surface area contributed by atoms with Gasteiger partial charge in [-0.25, -0.2) is 4.98 Å². The highest BCUT2D eigenvalue weighted by Crippen LogP contribution is 2.19. The van der Waals surface area contributed by atoms with Crippen LogP contribution in [0.2, 0.25) is 0 Å². The predicted octanol–water partition coefficient (Wildman–Crippen LogP) is 1.62. The molecule has 0 atom stereocenters. The van der Waals surface area contributed by atoms with Crippen molar-refractivity contribution in [1.29, 1.82) is 0 Å². The summed E-state index contributed by atoms with van der Waals surface area (Å²) in [5.74, 6) is -0.215. The molecular weight excluding hydrogens is 312 g/mol. The molecule has 6 nitrogen and oxygen atoms in total. The van der Waals surface area contributed by atoms with Crippen molar-refractivity contribution in [1.82, 2.24) is 19.7 Å². The Bertz CT molecular complexity index is 580. The Hall–Kier alpha value is -1.60. The van der Waals surface area contributed by atoms with Crippen molar-refractivity contribution in [2.75, 3.05) is 13.7 Å². The minimum atomic E-state index is -0.215. The van der Waals surface area contributed by atoms with Gasteiger partial charge in [0, 0.05) is 13.3 Å². The SMILES string of the molecule is COCCn1ncc(Br)c1C(=O)c1cnc(C)cn1. The average Bonchev–Trinajstić information content (AvgIpc) is 2.77. The van der Waals surface area contributed by atoms with E-state index in [1.54, 1.807) is 24.2 Å². The molecule has 0 aliphatic carbocycles. The number of carbonyl (C=O) groups excluding carboxylic acids is 1. The van der Waals surface area contributed by atoms with Gasteiger partial charge in [0.1, 0.15) is 11.4 Å². The fourth-order valence-corrected chi connectivity index (χ4v) is 2.04. The van der Waals surface area contributed by atoms with Crippen molar-refractivity contribution in [3.8, 4) is 0 Å². The number of methoxy groups -OCH3 is 1. The number of aromatic nitrogens is 4. The lowest BCUT2D eigenvalue weighted by molar-refractivity contribution is 0.101. The van der Waals surface area contributed by atoms with Gasteiger partial charge in [-0.2, -0.15) is 5.10 Å². The van der Waals surface area contributed by atoms with Crippen LogP contribution in [0.1, 0.15) is 21.9 Å². The molecule has 0 spiro atoms. The zero-order valence-corrected chi connectivity index (χ0v) is 12.2. The fourth-order valence-electron chi connectivity index (χ4n) is 1.57. The molecule has 0 N–H and O–H groups in total. The molecule has 7 heteroatoms. The lowest BCUT2D eigenvalue weighted by atomic mass is 10.2. The zero-order valence-electron chi connectivity index (χ0n) is 10.6. The van der Waals surface area contributed by atoms with Crippen molar-refractivity contribution in [2.24, 2.45) is 0 Å². The summed E-state index contributed by atoms with van der Waals surface area (Å²) in [7, 11) is 1.60. The van der Waals surface area contributed by atoms with Crippen LogP contribution in [0.4, 0.5) is 0 Å². The second-order valence-corrected chi connectivity index (χ2v) is 4.78. The van der Waals surface area contributed by atoms with Crippen LogP contribution in [0.25, 0.3) is 0 Å². The van der Waals surface area contributed by atoms with E-state index in [9.17, 15) is 4.79 Å². The van der Waals surface area contributed by atoms with Gasteiger partial charge in [-0.3, -0.25) is 14.5 Å². The minimum absolute atomic E-state index is 0.215. The van der Waals surface area contributed by atoms with Gasteiger partial charge in [0.25, 0.3) is 0 Å². The molecule has 0 saturated heterocycles. The second kappa shape index (κ2) is 6.03. The monoisotopic (exact) mass is 324 g/mol. The summed E-state index contributed by atoms with van der Waals surface area (Å²) in [5, 5.41) is 4.14. The molecule has 2 aromatic heterocycles. The summed E-state index contributed by atoms with van der Waals surface area (Å²) in [5.41, 5.74) is 1.52. The molecule has 0 amide bonds. The summed E-state index contributed by atoms with van der Waals surface area (Å²) in [4.78, 5) is 20.6. The third kappa shape index (κ3) is 3.05. The number of carbonyl (C=O) groups is 1. The Morgan fingerprint density at radius 3 is 2.79 bits per heavy atom. The molecule has 0 aliphatic rings. The summed E-state index contributed by atoms with van der Waals surface area (Å²) in [6, 6.07) is 0. The van der Waals surface area contributed by atoms with E-state index < -0.39 is 0 Å². The van der Waals surface area contributed by atoms with Crippen molar-refractivity contribution < 1.29 is 9.53 Å². The van der Waals surface area contributed by atoms with Crippen LogP contribution < -0.4 is 0 Å². The normalized spacial score (nSPS) is 10.7. The average molecular weight is 325 g/mol. The fraction of sp³-hybridized carbons (Fsp3) is 0.333. The van der Waals surface area contributed by atoms with E-state index in [2.05, 4.69) is 31.0 Å². The van der Waals surface area contributed by atoms with Crippen LogP contribution in [-0.2, 0) is 11.3 Å². The van der Waals surface area contributed by atoms with Crippen molar-refractivity contribution in [3.63, 3.8) is 0 Å². The Morgan fingerprint density at radius 2 is 2.16 bits per heavy atom. The van der Waals surface area contributed by atoms with Crippen LogP contribution in [0.3, 0.4) is 0 Å². The molecule has 19 heavy (non-hydrogen) atoms. The highest BCUT2D eigenvalue weighted by atomic mass is 79.9. The summed E-state index contributed by atoms with van der Waals surface area (Å²) in [6.07, 6.45) is 4.62. The van der Waals surface area contributed by atoms with Gasteiger partial charge >= 0.3 is 0 Å². The van der Waals surface area contributed by atoms with E-state index in [1.807, 2.05) is 6.92 Å². The predicted molar refractivity (Wildman–Crippen MR) is 72.0 cm³/mol. The van der Waals surface area contributed by atoms with Gasteiger partial charge in [0.05, 0.1) is 35.7 Å². The van der Waals surface area contributed by atoms with Gasteiger partial charge in [-0.1, -0.05) is 0 Å². The first-order valence-corrected chi connectivity index (χ1v) is 6.46. The molecule has 0 saturated carbocycles. The van der Waals surface area contributed by atoms with Crippen molar-refractivity contribution in [2.45, 2.75) is 13.5 Å². The minimum Gasteiger partial charge on any atom is -0.383 e. The summed E-state index contributed by atoms with van der Waals surface area (Å²) < 4.78 is 7.23. The van der Waals surface area contributed by atoms with E-state index >= 15 is 0 Å². The van der Waals surface area contributed by atoms with Crippen LogP contribution in [0.15, 0.2) is 23.1 Å². The van der Waals surface area contributed by atoms with Crippen molar-refractivity contribution in [3.05, 3.63) is 40.1 Å². The van der Waals surface area contributed by atoms with Crippen molar-refractivity contribution >= 4 is 21.7 Å². The topological polar surface area (TPSA) is 69.9 Å². The molecule has 0 unspecified atom stereocenters. The van der Waals surface area contributed by atoms with Gasteiger partial charge in [0.2, 0.25) is 5.78 Å². The van der Waals surface area contributed by atoms with Crippen LogP contribution in [0.5, 0.6) is 0 Å². The maximum Gasteiger partial charge on any atom is 0.232 e. The largest absolute Gasteiger partial charge is 0.383 e. The zero-order chi connectivity index (χ0) is 13.8. The third-order valence-corrected chi connectivity index (χ3v) is 3.11. The molecule has 2 aromatic rings. The first-order chi connectivity index (χ1) is 9.13. The van der Waals surface area contributed by atoms with Gasteiger partial charge in [0.15, 0.2) is 0 Å². The quantitative estimate of drug-likeness (QED) is 0.782. The summed E-state index contributed by atoms with van der Waals surface area (Å²) >= 11 is 3.33. The lowest BCUT2D eigenvalue weighted by Gasteiger charge is -2.06. The van der Waals surface area contributed by atoms with Crippen LogP contribution in [-0.4, -0.2) is 39.2 Å². The standard InChI is InChI=1S/C12H13BrN4O2/c1-8-5-15-10(7-14-8)12(18)11-9(13)6-16-17(11)3-4-19-2/h5-7H,3-4H2,1-2H3. The van der Waals surface area contributed by atoms with Gasteiger partial charge < -0.3 is 4.74 Å². The Balaban J connectivity index is 2.32. The lowest BCUT2D eigenvalue weighted by Crippen LogP contribution is -2.16. The first-order valence-electron chi connectivity index (χ1n) is 5.67. The number of aryl methyl sites for hydroxylation is 1. The second-order valence-electron chi connectivity index (χ2n) is 3.93. The molecule has 100 valence electrons. The smallest absolute Gasteiger partial charge is 0.232 e. The molecule has 2 rings (SSSR count). The molecule has 0 bridgehead atoms. The van der Waals surface area contributed by atoms with Gasteiger partial charge in [-0.15, -0.1) is 0 Å². The van der Waals surface area contributed by atoms with Crippen LogP contribution >= 0.6 is 15.9 Å².